The van der Waals surface area contributed by atoms with Crippen molar-refractivity contribution in [1.82, 2.24) is 14.5 Å². The van der Waals surface area contributed by atoms with E-state index in [0.29, 0.717) is 18.7 Å². The zero-order valence-electron chi connectivity index (χ0n) is 13.3. The highest BCUT2D eigenvalue weighted by atomic mass is 32.2. The standard InChI is InChI=1S/C18H21N3OS/c1-4-10-21(11-5-2)17(22)16-8-6-7-15(13-16)14-23-18-19-9-12-20(18)3/h4-9,12-13H,1-2,10-11,14H2,3H3. The first kappa shape index (κ1) is 17.1. The summed E-state index contributed by atoms with van der Waals surface area (Å²) in [5, 5.41) is 0.960. The van der Waals surface area contributed by atoms with Gasteiger partial charge < -0.3 is 9.47 Å². The molecule has 0 atom stereocenters. The molecule has 1 aromatic heterocycles. The third-order valence-electron chi connectivity index (χ3n) is 3.31. The lowest BCUT2D eigenvalue weighted by Crippen LogP contribution is -2.31. The average molecular weight is 327 g/mol. The molecule has 2 rings (SSSR count). The molecule has 5 heteroatoms. The maximum Gasteiger partial charge on any atom is 0.254 e. The van der Waals surface area contributed by atoms with Crippen molar-refractivity contribution in [3.8, 4) is 0 Å². The Morgan fingerprint density at radius 1 is 1.35 bits per heavy atom. The molecule has 2 aromatic rings. The molecular weight excluding hydrogens is 306 g/mol. The summed E-state index contributed by atoms with van der Waals surface area (Å²) in [6, 6.07) is 7.73. The number of hydrogen-bond donors (Lipinski definition) is 0. The van der Waals surface area contributed by atoms with Crippen molar-refractivity contribution in [2.45, 2.75) is 10.9 Å². The Morgan fingerprint density at radius 3 is 2.70 bits per heavy atom. The fraction of sp³-hybridized carbons (Fsp3) is 0.222. The fourth-order valence-electron chi connectivity index (χ4n) is 2.17. The molecule has 1 aromatic carbocycles. The van der Waals surface area contributed by atoms with Gasteiger partial charge in [-0.1, -0.05) is 36.0 Å². The summed E-state index contributed by atoms with van der Waals surface area (Å²) in [6.07, 6.45) is 7.15. The van der Waals surface area contributed by atoms with Gasteiger partial charge in [0.1, 0.15) is 0 Å². The number of aromatic nitrogens is 2. The number of nitrogens with zero attached hydrogens (tertiary/aromatic N) is 3. The summed E-state index contributed by atoms with van der Waals surface area (Å²) in [5.41, 5.74) is 1.78. The fourth-order valence-corrected chi connectivity index (χ4v) is 3.04. The van der Waals surface area contributed by atoms with Gasteiger partial charge in [0.15, 0.2) is 5.16 Å². The van der Waals surface area contributed by atoms with Crippen LogP contribution in [0.3, 0.4) is 0 Å². The molecule has 0 spiro atoms. The van der Waals surface area contributed by atoms with Crippen LogP contribution in [-0.2, 0) is 12.8 Å². The van der Waals surface area contributed by atoms with Crippen molar-refractivity contribution in [3.05, 3.63) is 73.1 Å². The van der Waals surface area contributed by atoms with Crippen molar-refractivity contribution in [2.24, 2.45) is 7.05 Å². The summed E-state index contributed by atoms with van der Waals surface area (Å²) in [5.74, 6) is 0.767. The SMILES string of the molecule is C=CCN(CC=C)C(=O)c1cccc(CSc2nccn2C)c1. The third-order valence-corrected chi connectivity index (χ3v) is 4.43. The van der Waals surface area contributed by atoms with Crippen LogP contribution in [0.25, 0.3) is 0 Å². The maximum atomic E-state index is 12.6. The van der Waals surface area contributed by atoms with Gasteiger partial charge in [-0.2, -0.15) is 0 Å². The number of imidazole rings is 1. The molecule has 0 aliphatic carbocycles. The zero-order valence-corrected chi connectivity index (χ0v) is 14.1. The molecule has 0 saturated carbocycles. The molecule has 4 nitrogen and oxygen atoms in total. The van der Waals surface area contributed by atoms with Gasteiger partial charge in [-0.25, -0.2) is 4.98 Å². The van der Waals surface area contributed by atoms with E-state index >= 15 is 0 Å². The van der Waals surface area contributed by atoms with Crippen LogP contribution >= 0.6 is 11.8 Å². The lowest BCUT2D eigenvalue weighted by atomic mass is 10.1. The van der Waals surface area contributed by atoms with Crippen molar-refractivity contribution < 1.29 is 4.79 Å². The Balaban J connectivity index is 2.09. The van der Waals surface area contributed by atoms with Crippen molar-refractivity contribution >= 4 is 17.7 Å². The van der Waals surface area contributed by atoms with E-state index in [-0.39, 0.29) is 5.91 Å². The van der Waals surface area contributed by atoms with Crippen LogP contribution in [0, 0.1) is 0 Å². The molecule has 120 valence electrons. The molecule has 0 radical (unpaired) electrons. The van der Waals surface area contributed by atoms with Crippen molar-refractivity contribution in [2.75, 3.05) is 13.1 Å². The van der Waals surface area contributed by atoms with E-state index in [1.807, 2.05) is 42.1 Å². The van der Waals surface area contributed by atoms with Crippen LogP contribution in [-0.4, -0.2) is 33.4 Å². The molecule has 23 heavy (non-hydrogen) atoms. The molecule has 1 heterocycles. The summed E-state index contributed by atoms with van der Waals surface area (Å²) in [6.45, 7) is 8.43. The molecule has 0 aliphatic heterocycles. The number of carbonyl (C=O) groups is 1. The average Bonchev–Trinajstić information content (AvgIpc) is 2.97. The highest BCUT2D eigenvalue weighted by Gasteiger charge is 2.13. The second-order valence-corrected chi connectivity index (χ2v) is 6.04. The predicted octanol–water partition coefficient (Wildman–Crippen LogP) is 3.53. The minimum Gasteiger partial charge on any atom is -0.331 e. The first-order chi connectivity index (χ1) is 11.2. The maximum absolute atomic E-state index is 12.6. The number of benzene rings is 1. The molecule has 1 amide bonds. The summed E-state index contributed by atoms with van der Waals surface area (Å²) >= 11 is 1.65. The van der Waals surface area contributed by atoms with Gasteiger partial charge in [-0.05, 0) is 17.7 Å². The quantitative estimate of drug-likeness (QED) is 0.550. The third kappa shape index (κ3) is 4.60. The van der Waals surface area contributed by atoms with E-state index in [1.54, 1.807) is 35.0 Å². The van der Waals surface area contributed by atoms with E-state index in [4.69, 9.17) is 0 Å². The monoisotopic (exact) mass is 327 g/mol. The van der Waals surface area contributed by atoms with Gasteiger partial charge in [0.05, 0.1) is 0 Å². The lowest BCUT2D eigenvalue weighted by Gasteiger charge is -2.19. The van der Waals surface area contributed by atoms with Gasteiger partial charge in [0, 0.05) is 43.8 Å². The molecule has 0 saturated heterocycles. The van der Waals surface area contributed by atoms with Crippen LogP contribution in [0.15, 0.2) is 67.1 Å². The highest BCUT2D eigenvalue weighted by molar-refractivity contribution is 7.98. The van der Waals surface area contributed by atoms with Gasteiger partial charge in [0.2, 0.25) is 0 Å². The van der Waals surface area contributed by atoms with Gasteiger partial charge >= 0.3 is 0 Å². The Labute approximate surface area is 141 Å². The molecular formula is C18H21N3OS. The normalized spacial score (nSPS) is 10.3. The highest BCUT2D eigenvalue weighted by Crippen LogP contribution is 2.21. The van der Waals surface area contributed by atoms with Crippen LogP contribution in [0.1, 0.15) is 15.9 Å². The van der Waals surface area contributed by atoms with E-state index in [0.717, 1.165) is 16.5 Å². The van der Waals surface area contributed by atoms with Crippen molar-refractivity contribution in [1.29, 1.82) is 0 Å². The number of thioether (sulfide) groups is 1. The molecule has 0 bridgehead atoms. The number of aryl methyl sites for hydroxylation is 1. The van der Waals surface area contributed by atoms with E-state index in [1.165, 1.54) is 0 Å². The van der Waals surface area contributed by atoms with E-state index < -0.39 is 0 Å². The smallest absolute Gasteiger partial charge is 0.254 e. The minimum atomic E-state index is -0.00589. The molecule has 0 unspecified atom stereocenters. The van der Waals surface area contributed by atoms with Crippen molar-refractivity contribution in [3.63, 3.8) is 0 Å². The second-order valence-electron chi connectivity index (χ2n) is 5.10. The van der Waals surface area contributed by atoms with Gasteiger partial charge in [0.25, 0.3) is 5.91 Å². The van der Waals surface area contributed by atoms with Gasteiger partial charge in [-0.15, -0.1) is 13.2 Å². The van der Waals surface area contributed by atoms with E-state index in [2.05, 4.69) is 18.1 Å². The molecule has 0 fully saturated rings. The topological polar surface area (TPSA) is 38.1 Å². The summed E-state index contributed by atoms with van der Waals surface area (Å²) < 4.78 is 1.98. The van der Waals surface area contributed by atoms with Gasteiger partial charge in [-0.3, -0.25) is 4.79 Å². The minimum absolute atomic E-state index is 0.00589. The first-order valence-corrected chi connectivity index (χ1v) is 8.34. The molecule has 0 N–H and O–H groups in total. The van der Waals surface area contributed by atoms with E-state index in [9.17, 15) is 4.79 Å². The largest absolute Gasteiger partial charge is 0.331 e. The Kier molecular flexibility index (Phi) is 6.23. The number of amides is 1. The van der Waals surface area contributed by atoms with Crippen LogP contribution < -0.4 is 0 Å². The Morgan fingerprint density at radius 2 is 2.09 bits per heavy atom. The molecule has 0 aliphatic rings. The zero-order chi connectivity index (χ0) is 16.7. The van der Waals surface area contributed by atoms with Crippen LogP contribution in [0.4, 0.5) is 0 Å². The predicted molar refractivity (Wildman–Crippen MR) is 95.5 cm³/mol. The first-order valence-electron chi connectivity index (χ1n) is 7.36. The Hall–Kier alpha value is -2.27. The number of carbonyl (C=O) groups excluding carboxylic acids is 1. The Bertz CT molecular complexity index is 683. The summed E-state index contributed by atoms with van der Waals surface area (Å²) in [4.78, 5) is 18.6. The number of rotatable bonds is 8. The van der Waals surface area contributed by atoms with Crippen LogP contribution in [0.5, 0.6) is 0 Å². The summed E-state index contributed by atoms with van der Waals surface area (Å²) in [7, 11) is 1.97. The second kappa shape index (κ2) is 8.39. The van der Waals surface area contributed by atoms with Crippen LogP contribution in [0.2, 0.25) is 0 Å². The number of hydrogen-bond acceptors (Lipinski definition) is 3. The lowest BCUT2D eigenvalue weighted by molar-refractivity contribution is 0.0791.